The van der Waals surface area contributed by atoms with E-state index in [-0.39, 0.29) is 106 Å². The maximum Gasteiger partial charge on any atom is 0.303 e. The third-order valence-electron chi connectivity index (χ3n) is 25.6. The van der Waals surface area contributed by atoms with Crippen LogP contribution in [0.4, 0.5) is 0 Å². The van der Waals surface area contributed by atoms with Gasteiger partial charge in [0.05, 0.1) is 112 Å². The number of rotatable bonds is 53. The first-order chi connectivity index (χ1) is 71.1. The van der Waals surface area contributed by atoms with Crippen LogP contribution in [0.3, 0.4) is 0 Å². The van der Waals surface area contributed by atoms with Gasteiger partial charge in [0.25, 0.3) is 0 Å². The summed E-state index contributed by atoms with van der Waals surface area (Å²) < 4.78 is 164. The van der Waals surface area contributed by atoms with Gasteiger partial charge in [-0.25, -0.2) is 0 Å². The Morgan fingerprint density at radius 3 is 0.785 bits per heavy atom. The van der Waals surface area contributed by atoms with Gasteiger partial charge >= 0.3 is 5.97 Å². The van der Waals surface area contributed by atoms with Gasteiger partial charge in [0, 0.05) is 14.0 Å². The van der Waals surface area contributed by atoms with E-state index >= 15 is 0 Å². The molecule has 13 aromatic carbocycles. The molecule has 17 rings (SSSR count). The largest absolute Gasteiger partial charge is 0.457 e. The minimum atomic E-state index is -1.66. The van der Waals surface area contributed by atoms with Gasteiger partial charge in [0.15, 0.2) is 31.3 Å². The Hall–Kier alpha value is -11.6. The normalized spacial score (nSPS) is 24.7. The predicted octanol–water partition coefficient (Wildman–Crippen LogP) is 19.1. The van der Waals surface area contributed by atoms with E-state index in [1.54, 1.807) is 0 Å². The zero-order valence-corrected chi connectivity index (χ0v) is 81.1. The lowest BCUT2D eigenvalue weighted by Crippen LogP contribution is -2.70. The van der Waals surface area contributed by atoms with Gasteiger partial charge in [-0.2, -0.15) is 0 Å². The summed E-state index contributed by atoms with van der Waals surface area (Å²) in [5, 5.41) is 12.3. The first-order valence-electron chi connectivity index (χ1n) is 49.4. The van der Waals surface area contributed by atoms with Crippen LogP contribution in [0.15, 0.2) is 394 Å². The molecule has 0 radical (unpaired) electrons. The van der Waals surface area contributed by atoms with Crippen molar-refractivity contribution in [2.24, 2.45) is 0 Å². The molecule has 0 bridgehead atoms. The van der Waals surface area contributed by atoms with Crippen LogP contribution in [0.25, 0.3) is 0 Å². The van der Waals surface area contributed by atoms with Gasteiger partial charge in [-0.15, -0.1) is 0 Å². The number of ether oxygens (including phenoxy) is 22. The van der Waals surface area contributed by atoms with E-state index in [0.29, 0.717) is 0 Å². The Bertz CT molecular complexity index is 5730. The Morgan fingerprint density at radius 2 is 0.472 bits per heavy atom. The van der Waals surface area contributed by atoms with Crippen LogP contribution in [0, 0.1) is 0 Å². The fourth-order valence-corrected chi connectivity index (χ4v) is 18.4. The molecule has 24 heteroatoms. The second-order valence-electron chi connectivity index (χ2n) is 36.1. The summed E-state index contributed by atoms with van der Waals surface area (Å²) in [6, 6.07) is 128. The number of esters is 1. The zero-order valence-electron chi connectivity index (χ0n) is 81.1. The lowest BCUT2D eigenvalue weighted by atomic mass is 9.92. The average Bonchev–Trinajstić information content (AvgIpc) is 0.669. The lowest BCUT2D eigenvalue weighted by molar-refractivity contribution is -0.410. The predicted molar refractivity (Wildman–Crippen MR) is 537 cm³/mol. The molecule has 0 aromatic heterocycles. The van der Waals surface area contributed by atoms with Crippen LogP contribution < -0.4 is 0 Å². The minimum absolute atomic E-state index is 0.00964. The topological polar surface area (TPSA) is 240 Å². The average molecular weight is 1950 g/mol. The SMILES string of the molecule is CO[C@@H]1O[C@H]([C@H](CO)OC(C)=O)[C@@H](O[C@@H]2O[C@H](COCc3ccccc3)[C@@H](O[C@@H]3O[C@H](COCc4ccccc4)[C@H](OCc4ccccc4)[C@H](OCc4ccccc4)[C@H]3OCc3ccccc3)[C@H](OCc3ccccc3)[C@H]2OCc2ccccc2)[C@H](O[C@@H]2O[C@H]([C@H](COCc3ccccc3)OCc3ccccc3)[C@@H](OCc3ccccc3)[C@H](OCc3ccccc3)[C@@H]2OCc2ccccc2)[C@@H]1OCc1ccccc1. The molecule has 4 aliphatic rings. The molecule has 4 saturated heterocycles. The number of carbonyl (C=O) groups is 1. The monoisotopic (exact) mass is 1950 g/mol. The van der Waals surface area contributed by atoms with Crippen molar-refractivity contribution < 1.29 is 114 Å². The first-order valence-corrected chi connectivity index (χ1v) is 49.4. The molecule has 144 heavy (non-hydrogen) atoms. The smallest absolute Gasteiger partial charge is 0.303 e. The zero-order chi connectivity index (χ0) is 98.3. The number of aliphatic hydroxyl groups excluding tert-OH is 1. The van der Waals surface area contributed by atoms with Gasteiger partial charge in [0.2, 0.25) is 0 Å². The Kier molecular flexibility index (Phi) is 40.2. The highest BCUT2D eigenvalue weighted by atomic mass is 16.8. The van der Waals surface area contributed by atoms with Gasteiger partial charge in [-0.1, -0.05) is 394 Å². The van der Waals surface area contributed by atoms with Gasteiger partial charge in [-0.05, 0) is 72.3 Å². The fourth-order valence-electron chi connectivity index (χ4n) is 18.4. The third kappa shape index (κ3) is 30.3. The Morgan fingerprint density at radius 1 is 0.243 bits per heavy atom. The number of hydrogen-bond acceptors (Lipinski definition) is 24. The van der Waals surface area contributed by atoms with Crippen molar-refractivity contribution in [1.82, 2.24) is 0 Å². The van der Waals surface area contributed by atoms with E-state index in [4.69, 9.17) is 104 Å². The summed E-state index contributed by atoms with van der Waals surface area (Å²) in [4.78, 5) is 14.1. The van der Waals surface area contributed by atoms with E-state index in [2.05, 4.69) is 0 Å². The molecule has 4 heterocycles. The molecular formula is C120H128O24. The minimum Gasteiger partial charge on any atom is -0.457 e. The Labute approximate surface area is 843 Å². The molecule has 22 atom stereocenters. The molecule has 1 N–H and O–H groups in total. The maximum atomic E-state index is 14.1. The highest BCUT2D eigenvalue weighted by Crippen LogP contribution is 2.44. The summed E-state index contributed by atoms with van der Waals surface area (Å²) in [6.07, 6.45) is -28.6. The van der Waals surface area contributed by atoms with E-state index < -0.39 is 148 Å². The molecule has 24 nitrogen and oxygen atoms in total. The van der Waals surface area contributed by atoms with Crippen molar-refractivity contribution in [1.29, 1.82) is 0 Å². The summed E-state index contributed by atoms with van der Waals surface area (Å²) in [7, 11) is 1.47. The van der Waals surface area contributed by atoms with Crippen LogP contribution in [0.2, 0.25) is 0 Å². The molecule has 0 saturated carbocycles. The van der Waals surface area contributed by atoms with Crippen molar-refractivity contribution in [3.8, 4) is 0 Å². The molecule has 13 aromatic rings. The third-order valence-corrected chi connectivity index (χ3v) is 25.6. The van der Waals surface area contributed by atoms with E-state index in [0.717, 1.165) is 72.3 Å². The van der Waals surface area contributed by atoms with Crippen molar-refractivity contribution in [2.75, 3.05) is 33.5 Å². The molecule has 752 valence electrons. The number of benzene rings is 13. The number of hydrogen-bond donors (Lipinski definition) is 1. The van der Waals surface area contributed by atoms with Gasteiger partial charge < -0.3 is 109 Å². The summed E-state index contributed by atoms with van der Waals surface area (Å²) in [5.74, 6) is -0.764. The molecule has 0 unspecified atom stereocenters. The lowest BCUT2D eigenvalue weighted by Gasteiger charge is -2.53. The number of aliphatic hydroxyl groups is 1. The molecule has 0 aliphatic carbocycles. The van der Waals surface area contributed by atoms with Crippen LogP contribution >= 0.6 is 0 Å². The molecule has 4 fully saturated rings. The summed E-state index contributed by atoms with van der Waals surface area (Å²) >= 11 is 0. The number of carbonyl (C=O) groups excluding carboxylic acids is 1. The van der Waals surface area contributed by atoms with Crippen LogP contribution in [0.5, 0.6) is 0 Å². The number of methoxy groups -OCH3 is 1. The van der Waals surface area contributed by atoms with Crippen LogP contribution in [-0.2, 0) is 195 Å². The highest BCUT2D eigenvalue weighted by Gasteiger charge is 2.61. The van der Waals surface area contributed by atoms with Crippen LogP contribution in [0.1, 0.15) is 79.2 Å². The summed E-state index contributed by atoms with van der Waals surface area (Å²) in [5.41, 5.74) is 11.1. The Balaban J connectivity index is 0.841. The van der Waals surface area contributed by atoms with E-state index in [9.17, 15) is 9.90 Å². The van der Waals surface area contributed by atoms with Crippen molar-refractivity contribution in [3.63, 3.8) is 0 Å². The van der Waals surface area contributed by atoms with Gasteiger partial charge in [-0.3, -0.25) is 4.79 Å². The molecule has 0 spiro atoms. The van der Waals surface area contributed by atoms with Crippen molar-refractivity contribution >= 4 is 5.97 Å². The maximum absolute atomic E-state index is 14.1. The second kappa shape index (κ2) is 55.7. The van der Waals surface area contributed by atoms with Gasteiger partial charge in [0.1, 0.15) is 104 Å². The molecular weight excluding hydrogens is 1830 g/mol. The standard InChI is InChI=1S/C120H128O24/c1-85(122)137-99(68-121)104-111(112(116(117(123-2)140-104)136-81-98-66-40-15-41-67-98)144-120-115(135-80-97-64-38-14-39-65-97)110(132-77-94-58-32-11-33-59-94)108(130-75-92-54-28-9-29-55-92)105(141-120)100(127-72-89-48-22-6-23-49-89)82-124-69-86-42-16-3-17-43-86)143-119-114(134-79-96-62-36-13-37-63-96)109(131-76-93-56-30-10-31-57-93)106(102(139-119)84-126-71-88-46-20-5-21-47-88)142-118-113(133-78-95-60-34-12-35-61-95)107(129-74-91-52-26-8-27-53-91)103(128-73-90-50-24-7-25-51-90)101(138-118)83-125-70-87-44-18-4-19-45-87/h3-67,99-121H,68-84H2,1-2H3/t99-,100-,101+,102+,103-,104+,105+,106+,107-,108+,109-,110-,111+,112-,113+,114+,115-,116-,117+,118-,119-,120-/m0/s1. The quantitative estimate of drug-likeness (QED) is 0.0348. The van der Waals surface area contributed by atoms with Crippen LogP contribution in [-0.4, -0.2) is 180 Å². The van der Waals surface area contributed by atoms with E-state index in [1.807, 2.05) is 394 Å². The summed E-state index contributed by atoms with van der Waals surface area (Å²) in [6.45, 7) is 1.03. The first kappa shape index (κ1) is 104. The van der Waals surface area contributed by atoms with E-state index in [1.165, 1.54) is 14.0 Å². The molecule has 4 aliphatic heterocycles. The van der Waals surface area contributed by atoms with Crippen molar-refractivity contribution in [2.45, 2.75) is 228 Å². The second-order valence-corrected chi connectivity index (χ2v) is 36.1. The molecule has 0 amide bonds. The highest BCUT2D eigenvalue weighted by molar-refractivity contribution is 5.66. The fraction of sp³-hybridized carbons (Fsp3) is 0.342. The van der Waals surface area contributed by atoms with Crippen molar-refractivity contribution in [3.05, 3.63) is 467 Å².